The highest BCUT2D eigenvalue weighted by atomic mass is 16.6. The van der Waals surface area contributed by atoms with Gasteiger partial charge in [0.1, 0.15) is 19.8 Å². The molecule has 21 heavy (non-hydrogen) atoms. The number of hydrogen-bond donors (Lipinski definition) is 0. The molecule has 0 N–H and O–H groups in total. The van der Waals surface area contributed by atoms with Crippen molar-refractivity contribution in [2.24, 2.45) is 0 Å². The van der Waals surface area contributed by atoms with Crippen molar-refractivity contribution in [2.75, 3.05) is 47.2 Å². The molecule has 0 spiro atoms. The number of carbonyl (C=O) groups excluding carboxylic acids is 1. The Kier molecular flexibility index (Phi) is 5.83. The van der Waals surface area contributed by atoms with E-state index in [0.29, 0.717) is 33.0 Å². The smallest absolute Gasteiger partial charge is 0.248 e. The van der Waals surface area contributed by atoms with Crippen molar-refractivity contribution < 1.29 is 23.7 Å². The largest absolute Gasteiger partial charge is 0.486 e. The maximum absolute atomic E-state index is 11.9. The van der Waals surface area contributed by atoms with Gasteiger partial charge in [-0.3, -0.25) is 4.79 Å². The van der Waals surface area contributed by atoms with Crippen LogP contribution < -0.4 is 9.47 Å². The number of carbonyl (C=O) groups is 1. The van der Waals surface area contributed by atoms with Gasteiger partial charge in [-0.1, -0.05) is 6.07 Å². The van der Waals surface area contributed by atoms with Gasteiger partial charge in [-0.05, 0) is 17.7 Å². The van der Waals surface area contributed by atoms with E-state index in [4.69, 9.17) is 18.9 Å². The van der Waals surface area contributed by atoms with Gasteiger partial charge in [0, 0.05) is 20.7 Å². The van der Waals surface area contributed by atoms with E-state index in [9.17, 15) is 4.79 Å². The first kappa shape index (κ1) is 15.6. The lowest BCUT2D eigenvalue weighted by atomic mass is 10.2. The van der Waals surface area contributed by atoms with Gasteiger partial charge in [0.2, 0.25) is 5.91 Å². The molecule has 0 aliphatic carbocycles. The predicted molar refractivity (Wildman–Crippen MR) is 76.6 cm³/mol. The Hall–Kier alpha value is -1.79. The van der Waals surface area contributed by atoms with Crippen LogP contribution in [0, 0.1) is 0 Å². The number of methoxy groups -OCH3 is 1. The highest BCUT2D eigenvalue weighted by molar-refractivity contribution is 5.77. The molecule has 6 nitrogen and oxygen atoms in total. The molecule has 1 aromatic carbocycles. The lowest BCUT2D eigenvalue weighted by molar-refractivity contribution is -0.135. The number of ether oxygens (including phenoxy) is 4. The summed E-state index contributed by atoms with van der Waals surface area (Å²) in [6.45, 7) is 2.59. The monoisotopic (exact) mass is 295 g/mol. The summed E-state index contributed by atoms with van der Waals surface area (Å²) in [5, 5.41) is 0. The number of amides is 1. The van der Waals surface area contributed by atoms with Crippen molar-refractivity contribution in [3.8, 4) is 11.5 Å². The third kappa shape index (κ3) is 4.61. The summed E-state index contributed by atoms with van der Waals surface area (Å²) < 4.78 is 21.1. The molecule has 0 fully saturated rings. The molecule has 116 valence electrons. The van der Waals surface area contributed by atoms with Crippen LogP contribution in [0.25, 0.3) is 0 Å². The molecular weight excluding hydrogens is 274 g/mol. The molecule has 0 saturated carbocycles. The first-order valence-corrected chi connectivity index (χ1v) is 6.90. The summed E-state index contributed by atoms with van der Waals surface area (Å²) >= 11 is 0. The minimum atomic E-state index is -0.0685. The fourth-order valence-electron chi connectivity index (χ4n) is 1.96. The van der Waals surface area contributed by atoms with Gasteiger partial charge in [0.25, 0.3) is 0 Å². The molecule has 1 aliphatic rings. The first-order valence-electron chi connectivity index (χ1n) is 6.90. The Morgan fingerprint density at radius 1 is 1.24 bits per heavy atom. The molecule has 2 rings (SSSR count). The number of fused-ring (bicyclic) bond motifs is 1. The fraction of sp³-hybridized carbons (Fsp3) is 0.533. The van der Waals surface area contributed by atoms with Gasteiger partial charge in [-0.15, -0.1) is 0 Å². The van der Waals surface area contributed by atoms with E-state index in [1.165, 1.54) is 0 Å². The van der Waals surface area contributed by atoms with Crippen LogP contribution in [-0.2, 0) is 20.8 Å². The van der Waals surface area contributed by atoms with Crippen molar-refractivity contribution in [1.82, 2.24) is 4.90 Å². The van der Waals surface area contributed by atoms with Crippen LogP contribution in [0.4, 0.5) is 0 Å². The number of benzene rings is 1. The molecule has 0 unspecified atom stereocenters. The Morgan fingerprint density at radius 2 is 2.00 bits per heavy atom. The second-order valence-corrected chi connectivity index (χ2v) is 4.77. The molecule has 0 aromatic heterocycles. The molecular formula is C15H21NO5. The van der Waals surface area contributed by atoms with Crippen molar-refractivity contribution in [1.29, 1.82) is 0 Å². The highest BCUT2D eigenvalue weighted by Gasteiger charge is 2.14. The van der Waals surface area contributed by atoms with Gasteiger partial charge in [-0.25, -0.2) is 0 Å². The molecule has 1 aromatic rings. The van der Waals surface area contributed by atoms with Crippen LogP contribution in [0.1, 0.15) is 5.56 Å². The van der Waals surface area contributed by atoms with E-state index >= 15 is 0 Å². The Morgan fingerprint density at radius 3 is 2.76 bits per heavy atom. The van der Waals surface area contributed by atoms with Gasteiger partial charge >= 0.3 is 0 Å². The maximum Gasteiger partial charge on any atom is 0.248 e. The molecule has 1 heterocycles. The van der Waals surface area contributed by atoms with Crippen LogP contribution in [0.5, 0.6) is 11.5 Å². The summed E-state index contributed by atoms with van der Waals surface area (Å²) in [6.07, 6.45) is 0. The molecule has 1 aliphatic heterocycles. The number of rotatable bonds is 7. The zero-order valence-electron chi connectivity index (χ0n) is 12.5. The Bertz CT molecular complexity index is 477. The summed E-state index contributed by atoms with van der Waals surface area (Å²) in [5.74, 6) is 1.42. The number of likely N-dealkylation sites (N-methyl/N-ethyl adjacent to an activating group) is 1. The van der Waals surface area contributed by atoms with Gasteiger partial charge in [0.15, 0.2) is 11.5 Å². The third-order valence-corrected chi connectivity index (χ3v) is 3.11. The van der Waals surface area contributed by atoms with E-state index < -0.39 is 0 Å². The fourth-order valence-corrected chi connectivity index (χ4v) is 1.96. The average molecular weight is 295 g/mol. The summed E-state index contributed by atoms with van der Waals surface area (Å²) in [6, 6.07) is 5.71. The van der Waals surface area contributed by atoms with Crippen molar-refractivity contribution >= 4 is 5.91 Å². The Balaban J connectivity index is 1.84. The van der Waals surface area contributed by atoms with Gasteiger partial charge in [-0.2, -0.15) is 0 Å². The standard InChI is InChI=1S/C15H21NO5/c1-16(15(17)11-19-6-5-18-2)10-12-3-4-13-14(9-12)21-8-7-20-13/h3-4,9H,5-8,10-11H2,1-2H3. The molecule has 0 bridgehead atoms. The summed E-state index contributed by atoms with van der Waals surface area (Å²) in [7, 11) is 3.35. The zero-order valence-corrected chi connectivity index (χ0v) is 12.5. The molecule has 1 amide bonds. The van der Waals surface area contributed by atoms with Crippen molar-refractivity contribution in [3.63, 3.8) is 0 Å². The summed E-state index contributed by atoms with van der Waals surface area (Å²) in [5.41, 5.74) is 0.993. The summed E-state index contributed by atoms with van der Waals surface area (Å²) in [4.78, 5) is 13.5. The zero-order chi connectivity index (χ0) is 15.1. The predicted octanol–water partition coefficient (Wildman–Crippen LogP) is 1.08. The van der Waals surface area contributed by atoms with E-state index in [1.807, 2.05) is 18.2 Å². The van der Waals surface area contributed by atoms with Gasteiger partial charge in [0.05, 0.1) is 13.2 Å². The number of hydrogen-bond acceptors (Lipinski definition) is 5. The average Bonchev–Trinajstić information content (AvgIpc) is 2.51. The Labute approximate surface area is 124 Å². The normalized spacial score (nSPS) is 13.0. The molecule has 6 heteroatoms. The van der Waals surface area contributed by atoms with Crippen LogP contribution in [0.15, 0.2) is 18.2 Å². The lowest BCUT2D eigenvalue weighted by Gasteiger charge is -2.21. The van der Waals surface area contributed by atoms with Crippen LogP contribution in [-0.4, -0.2) is 58.0 Å². The van der Waals surface area contributed by atoms with E-state index in [-0.39, 0.29) is 12.5 Å². The number of nitrogens with zero attached hydrogens (tertiary/aromatic N) is 1. The second-order valence-electron chi connectivity index (χ2n) is 4.77. The van der Waals surface area contributed by atoms with Crippen LogP contribution >= 0.6 is 0 Å². The van der Waals surface area contributed by atoms with Crippen molar-refractivity contribution in [3.05, 3.63) is 23.8 Å². The third-order valence-electron chi connectivity index (χ3n) is 3.11. The minimum Gasteiger partial charge on any atom is -0.486 e. The van der Waals surface area contributed by atoms with Crippen LogP contribution in [0.3, 0.4) is 0 Å². The second kappa shape index (κ2) is 7.85. The minimum absolute atomic E-state index is 0.0599. The maximum atomic E-state index is 11.9. The highest BCUT2D eigenvalue weighted by Crippen LogP contribution is 2.30. The van der Waals surface area contributed by atoms with Crippen LogP contribution in [0.2, 0.25) is 0 Å². The molecule has 0 radical (unpaired) electrons. The van der Waals surface area contributed by atoms with Gasteiger partial charge < -0.3 is 23.8 Å². The SMILES string of the molecule is COCCOCC(=O)N(C)Cc1ccc2c(c1)OCCO2. The molecule has 0 saturated heterocycles. The lowest BCUT2D eigenvalue weighted by Crippen LogP contribution is -2.30. The van der Waals surface area contributed by atoms with Crippen molar-refractivity contribution in [2.45, 2.75) is 6.54 Å². The van der Waals surface area contributed by atoms with E-state index in [0.717, 1.165) is 17.1 Å². The first-order chi connectivity index (χ1) is 10.2. The molecule has 0 atom stereocenters. The topological polar surface area (TPSA) is 57.2 Å². The van der Waals surface area contributed by atoms with E-state index in [2.05, 4.69) is 0 Å². The van der Waals surface area contributed by atoms with E-state index in [1.54, 1.807) is 19.1 Å². The quantitative estimate of drug-likeness (QED) is 0.705.